The van der Waals surface area contributed by atoms with Crippen LogP contribution in [0.5, 0.6) is 0 Å². The molecular weight excluding hydrogens is 327 g/mol. The summed E-state index contributed by atoms with van der Waals surface area (Å²) in [6.45, 7) is 2.60. The Morgan fingerprint density at radius 1 is 1.17 bits per heavy atom. The molecule has 1 aromatic carbocycles. The third-order valence-corrected chi connectivity index (χ3v) is 4.59. The van der Waals surface area contributed by atoms with Crippen LogP contribution < -0.4 is 5.32 Å². The van der Waals surface area contributed by atoms with Crippen molar-refractivity contribution < 1.29 is 4.39 Å². The largest absolute Gasteiger partial charge is 0.364 e. The minimum atomic E-state index is -0.354. The van der Waals surface area contributed by atoms with Crippen LogP contribution in [0.25, 0.3) is 17.0 Å². The predicted molar refractivity (Wildman–Crippen MR) is 90.4 cm³/mol. The molecule has 6 nitrogen and oxygen atoms in total. The van der Waals surface area contributed by atoms with Gasteiger partial charge in [-0.15, -0.1) is 26.6 Å². The fourth-order valence-corrected chi connectivity index (χ4v) is 3.08. The Kier molecular flexibility index (Phi) is 3.66. The van der Waals surface area contributed by atoms with Gasteiger partial charge in [0.25, 0.3) is 0 Å². The average Bonchev–Trinajstić information content (AvgIpc) is 3.19. The standard InChI is InChI=1S/C16H13FN6S/c1-10-13(24-9-19-10)8-18-14-6-7-15-20-21-16(23(15)22-14)11-4-2-3-5-12(11)17/h2-7,9H,8H2,1H3,(H,18,22). The zero-order valence-electron chi connectivity index (χ0n) is 12.8. The molecule has 0 fully saturated rings. The first-order valence-electron chi connectivity index (χ1n) is 7.32. The molecule has 3 aromatic heterocycles. The van der Waals surface area contributed by atoms with Crippen LogP contribution in [0.1, 0.15) is 10.6 Å². The zero-order chi connectivity index (χ0) is 16.5. The minimum absolute atomic E-state index is 0.354. The van der Waals surface area contributed by atoms with Gasteiger partial charge in [-0.2, -0.15) is 4.52 Å². The smallest absolute Gasteiger partial charge is 0.188 e. The molecule has 0 aliphatic rings. The predicted octanol–water partition coefficient (Wildman–Crippen LogP) is 3.31. The molecule has 0 radical (unpaired) electrons. The van der Waals surface area contributed by atoms with E-state index in [1.54, 1.807) is 40.1 Å². The first kappa shape index (κ1) is 14.7. The van der Waals surface area contributed by atoms with Crippen LogP contribution in [0.2, 0.25) is 0 Å². The van der Waals surface area contributed by atoms with Gasteiger partial charge in [0.15, 0.2) is 11.5 Å². The molecular formula is C16H13FN6S. The van der Waals surface area contributed by atoms with Crippen molar-refractivity contribution in [2.24, 2.45) is 0 Å². The van der Waals surface area contributed by atoms with Crippen molar-refractivity contribution in [3.05, 3.63) is 58.3 Å². The van der Waals surface area contributed by atoms with Gasteiger partial charge < -0.3 is 5.32 Å². The quantitative estimate of drug-likeness (QED) is 0.617. The highest BCUT2D eigenvalue weighted by atomic mass is 32.1. The van der Waals surface area contributed by atoms with Crippen molar-refractivity contribution >= 4 is 22.8 Å². The summed E-state index contributed by atoms with van der Waals surface area (Å²) in [6.07, 6.45) is 0. The molecule has 8 heteroatoms. The highest BCUT2D eigenvalue weighted by Gasteiger charge is 2.13. The minimum Gasteiger partial charge on any atom is -0.364 e. The van der Waals surface area contributed by atoms with E-state index in [-0.39, 0.29) is 5.82 Å². The molecule has 0 amide bonds. The van der Waals surface area contributed by atoms with Gasteiger partial charge in [-0.25, -0.2) is 9.37 Å². The number of hydrogen-bond donors (Lipinski definition) is 1. The number of nitrogens with one attached hydrogen (secondary N) is 1. The fourth-order valence-electron chi connectivity index (χ4n) is 2.36. The number of hydrogen-bond acceptors (Lipinski definition) is 6. The normalized spacial score (nSPS) is 11.1. The fraction of sp³-hybridized carbons (Fsp3) is 0.125. The van der Waals surface area contributed by atoms with E-state index >= 15 is 0 Å². The number of rotatable bonds is 4. The van der Waals surface area contributed by atoms with Crippen molar-refractivity contribution in [1.82, 2.24) is 24.8 Å². The lowest BCUT2D eigenvalue weighted by Gasteiger charge is -2.06. The van der Waals surface area contributed by atoms with E-state index in [1.807, 2.05) is 18.5 Å². The number of aryl methyl sites for hydroxylation is 1. The Balaban J connectivity index is 1.68. The van der Waals surface area contributed by atoms with Crippen molar-refractivity contribution in [3.63, 3.8) is 0 Å². The summed E-state index contributed by atoms with van der Waals surface area (Å²) in [4.78, 5) is 5.37. The van der Waals surface area contributed by atoms with E-state index in [0.717, 1.165) is 10.6 Å². The molecule has 0 atom stereocenters. The van der Waals surface area contributed by atoms with Crippen LogP contribution in [-0.2, 0) is 6.54 Å². The van der Waals surface area contributed by atoms with Gasteiger partial charge in [-0.1, -0.05) is 12.1 Å². The van der Waals surface area contributed by atoms with Gasteiger partial charge in [0.1, 0.15) is 11.6 Å². The van der Waals surface area contributed by atoms with E-state index in [9.17, 15) is 4.39 Å². The van der Waals surface area contributed by atoms with E-state index in [4.69, 9.17) is 0 Å². The molecule has 1 N–H and O–H groups in total. The monoisotopic (exact) mass is 340 g/mol. The lowest BCUT2D eigenvalue weighted by atomic mass is 10.2. The summed E-state index contributed by atoms with van der Waals surface area (Å²) < 4.78 is 15.6. The number of thiazole rings is 1. The maximum Gasteiger partial charge on any atom is 0.188 e. The molecule has 0 spiro atoms. The van der Waals surface area contributed by atoms with E-state index < -0.39 is 0 Å². The highest BCUT2D eigenvalue weighted by molar-refractivity contribution is 7.09. The van der Waals surface area contributed by atoms with Crippen molar-refractivity contribution in [3.8, 4) is 11.4 Å². The van der Waals surface area contributed by atoms with Gasteiger partial charge >= 0.3 is 0 Å². The molecule has 0 saturated heterocycles. The van der Waals surface area contributed by atoms with Crippen LogP contribution in [0.3, 0.4) is 0 Å². The van der Waals surface area contributed by atoms with Crippen LogP contribution in [-0.4, -0.2) is 24.8 Å². The number of fused-ring (bicyclic) bond motifs is 1. The molecule has 0 bridgehead atoms. The number of nitrogens with zero attached hydrogens (tertiary/aromatic N) is 5. The van der Waals surface area contributed by atoms with Crippen molar-refractivity contribution in [2.45, 2.75) is 13.5 Å². The van der Waals surface area contributed by atoms with Crippen LogP contribution in [0, 0.1) is 12.7 Å². The van der Waals surface area contributed by atoms with E-state index in [1.165, 1.54) is 6.07 Å². The number of anilines is 1. The third kappa shape index (κ3) is 2.61. The Morgan fingerprint density at radius 2 is 2.04 bits per heavy atom. The van der Waals surface area contributed by atoms with Crippen LogP contribution in [0.4, 0.5) is 10.2 Å². The maximum absolute atomic E-state index is 14.0. The van der Waals surface area contributed by atoms with E-state index in [2.05, 4.69) is 25.6 Å². The van der Waals surface area contributed by atoms with Gasteiger partial charge in [0.2, 0.25) is 0 Å². The summed E-state index contributed by atoms with van der Waals surface area (Å²) in [6, 6.07) is 10.1. The second-order valence-corrected chi connectivity index (χ2v) is 6.15. The Bertz CT molecular complexity index is 1010. The second-order valence-electron chi connectivity index (χ2n) is 5.21. The number of aromatic nitrogens is 5. The summed E-state index contributed by atoms with van der Waals surface area (Å²) in [7, 11) is 0. The molecule has 4 rings (SSSR count). The van der Waals surface area contributed by atoms with Gasteiger partial charge in [0, 0.05) is 4.88 Å². The molecule has 0 saturated carbocycles. The third-order valence-electron chi connectivity index (χ3n) is 3.65. The topological polar surface area (TPSA) is 68.0 Å². The highest BCUT2D eigenvalue weighted by Crippen LogP contribution is 2.21. The van der Waals surface area contributed by atoms with Crippen LogP contribution in [0.15, 0.2) is 41.9 Å². The lowest BCUT2D eigenvalue weighted by molar-refractivity contribution is 0.629. The first-order chi connectivity index (χ1) is 11.7. The molecule has 3 heterocycles. The van der Waals surface area contributed by atoms with Gasteiger partial charge in [-0.05, 0) is 31.2 Å². The molecule has 24 heavy (non-hydrogen) atoms. The summed E-state index contributed by atoms with van der Waals surface area (Å²) in [5, 5.41) is 15.8. The Hall–Kier alpha value is -2.87. The summed E-state index contributed by atoms with van der Waals surface area (Å²) >= 11 is 1.59. The summed E-state index contributed by atoms with van der Waals surface area (Å²) in [5.41, 5.74) is 3.75. The van der Waals surface area contributed by atoms with Crippen molar-refractivity contribution in [1.29, 1.82) is 0 Å². The molecule has 0 aliphatic heterocycles. The Morgan fingerprint density at radius 3 is 2.83 bits per heavy atom. The molecule has 4 aromatic rings. The average molecular weight is 340 g/mol. The van der Waals surface area contributed by atoms with E-state index in [0.29, 0.717) is 29.4 Å². The van der Waals surface area contributed by atoms with Gasteiger partial charge in [-0.3, -0.25) is 0 Å². The Labute approximate surface area is 141 Å². The zero-order valence-corrected chi connectivity index (χ0v) is 13.6. The SMILES string of the molecule is Cc1ncsc1CNc1ccc2nnc(-c3ccccc3F)n2n1. The number of halogens is 1. The number of benzene rings is 1. The van der Waals surface area contributed by atoms with Crippen molar-refractivity contribution in [2.75, 3.05) is 5.32 Å². The van der Waals surface area contributed by atoms with Crippen LogP contribution >= 0.6 is 11.3 Å². The lowest BCUT2D eigenvalue weighted by Crippen LogP contribution is -2.05. The maximum atomic E-state index is 14.0. The second kappa shape index (κ2) is 5.97. The molecule has 120 valence electrons. The van der Waals surface area contributed by atoms with Gasteiger partial charge in [0.05, 0.1) is 23.3 Å². The summed E-state index contributed by atoms with van der Waals surface area (Å²) in [5.74, 6) is 0.681. The molecule has 0 aliphatic carbocycles. The first-order valence-corrected chi connectivity index (χ1v) is 8.20. The molecule has 0 unspecified atom stereocenters.